The number of phenols is 2. The molecule has 2 rings (SSSR count). The van der Waals surface area contributed by atoms with Gasteiger partial charge in [0.05, 0.1) is 0 Å². The number of benzene rings is 1. The van der Waals surface area contributed by atoms with Crippen LogP contribution in [0.1, 0.15) is 24.8 Å². The maximum atomic E-state index is 11.4. The third-order valence-corrected chi connectivity index (χ3v) is 2.47. The van der Waals surface area contributed by atoms with Crippen molar-refractivity contribution < 1.29 is 15.0 Å². The molecule has 1 aliphatic carbocycles. The Hall–Kier alpha value is -1.77. The molecule has 1 aliphatic rings. The van der Waals surface area contributed by atoms with Gasteiger partial charge >= 0.3 is 0 Å². The summed E-state index contributed by atoms with van der Waals surface area (Å²) in [5, 5.41) is 18.5. The molecule has 1 aromatic rings. The largest absolute Gasteiger partial charge is 0.508 e. The van der Waals surface area contributed by atoms with Gasteiger partial charge in [0.2, 0.25) is 0 Å². The quantitative estimate of drug-likeness (QED) is 0.690. The zero-order valence-electron chi connectivity index (χ0n) is 8.23. The number of phenolic OH excluding ortho intramolecular Hbond substituents is 2. The summed E-state index contributed by atoms with van der Waals surface area (Å²) < 4.78 is 0. The molecule has 0 radical (unpaired) electrons. The number of rotatable bonds is 1. The van der Waals surface area contributed by atoms with Crippen molar-refractivity contribution in [2.24, 2.45) is 0 Å². The predicted molar refractivity (Wildman–Crippen MR) is 56.6 cm³/mol. The average Bonchev–Trinajstić information content (AvgIpc) is 2.50. The van der Waals surface area contributed by atoms with E-state index in [1.54, 1.807) is 6.08 Å². The Labute approximate surface area is 87.7 Å². The standard InChI is InChI=1S/C12H12O3/c13-10-5-8(6-11(14)7-10)4-9-2-1-3-12(9)15/h4-7,13-14H,1-3H2/b9-4+. The predicted octanol–water partition coefficient (Wildman–Crippen LogP) is 2.23. The van der Waals surface area contributed by atoms with Gasteiger partial charge in [-0.15, -0.1) is 0 Å². The minimum Gasteiger partial charge on any atom is -0.508 e. The van der Waals surface area contributed by atoms with Crippen LogP contribution in [0.3, 0.4) is 0 Å². The summed E-state index contributed by atoms with van der Waals surface area (Å²) in [6.45, 7) is 0. The highest BCUT2D eigenvalue weighted by Crippen LogP contribution is 2.26. The fourth-order valence-electron chi connectivity index (χ4n) is 1.79. The number of hydrogen-bond donors (Lipinski definition) is 2. The summed E-state index contributed by atoms with van der Waals surface area (Å²) in [5.41, 5.74) is 1.44. The normalized spacial score (nSPS) is 18.7. The zero-order chi connectivity index (χ0) is 10.8. The molecule has 0 atom stereocenters. The van der Waals surface area contributed by atoms with Crippen LogP contribution in [0.15, 0.2) is 23.8 Å². The van der Waals surface area contributed by atoms with Crippen molar-refractivity contribution >= 4 is 11.9 Å². The fourth-order valence-corrected chi connectivity index (χ4v) is 1.79. The lowest BCUT2D eigenvalue weighted by molar-refractivity contribution is -0.114. The minimum absolute atomic E-state index is 0.00676. The molecule has 0 heterocycles. The van der Waals surface area contributed by atoms with Crippen LogP contribution >= 0.6 is 0 Å². The van der Waals surface area contributed by atoms with Gasteiger partial charge in [-0.05, 0) is 42.2 Å². The Bertz CT molecular complexity index is 412. The van der Waals surface area contributed by atoms with Crippen molar-refractivity contribution in [2.75, 3.05) is 0 Å². The van der Waals surface area contributed by atoms with E-state index in [4.69, 9.17) is 0 Å². The first kappa shape index (κ1) is 9.77. The second kappa shape index (κ2) is 3.77. The van der Waals surface area contributed by atoms with Gasteiger partial charge in [0.1, 0.15) is 11.5 Å². The van der Waals surface area contributed by atoms with E-state index in [-0.39, 0.29) is 17.3 Å². The highest BCUT2D eigenvalue weighted by molar-refractivity contribution is 6.01. The molecular weight excluding hydrogens is 192 g/mol. The maximum Gasteiger partial charge on any atom is 0.158 e. The van der Waals surface area contributed by atoms with E-state index in [1.807, 2.05) is 0 Å². The first-order chi connectivity index (χ1) is 7.15. The summed E-state index contributed by atoms with van der Waals surface area (Å²) in [4.78, 5) is 11.4. The Morgan fingerprint density at radius 3 is 2.27 bits per heavy atom. The van der Waals surface area contributed by atoms with Crippen molar-refractivity contribution in [3.8, 4) is 11.5 Å². The Morgan fingerprint density at radius 1 is 1.07 bits per heavy atom. The summed E-state index contributed by atoms with van der Waals surface area (Å²) in [6.07, 6.45) is 4.02. The van der Waals surface area contributed by atoms with E-state index >= 15 is 0 Å². The number of carbonyl (C=O) groups excluding carboxylic acids is 1. The highest BCUT2D eigenvalue weighted by Gasteiger charge is 2.16. The molecule has 2 N–H and O–H groups in total. The number of aromatic hydroxyl groups is 2. The number of Topliss-reactive ketones (excluding diaryl/α,β-unsaturated/α-hetero) is 1. The molecule has 0 aromatic heterocycles. The lowest BCUT2D eigenvalue weighted by Crippen LogP contribution is -1.90. The number of allylic oxidation sites excluding steroid dienone is 1. The van der Waals surface area contributed by atoms with Crippen molar-refractivity contribution in [3.05, 3.63) is 29.3 Å². The molecule has 15 heavy (non-hydrogen) atoms. The first-order valence-electron chi connectivity index (χ1n) is 4.92. The Morgan fingerprint density at radius 2 is 1.73 bits per heavy atom. The van der Waals surface area contributed by atoms with Crippen LogP contribution in [0, 0.1) is 0 Å². The van der Waals surface area contributed by atoms with Crippen LogP contribution in [0.25, 0.3) is 6.08 Å². The molecule has 1 saturated carbocycles. The van der Waals surface area contributed by atoms with Gasteiger partial charge in [-0.1, -0.05) is 0 Å². The lowest BCUT2D eigenvalue weighted by Gasteiger charge is -1.99. The monoisotopic (exact) mass is 204 g/mol. The smallest absolute Gasteiger partial charge is 0.158 e. The third kappa shape index (κ3) is 2.18. The summed E-state index contributed by atoms with van der Waals surface area (Å²) in [7, 11) is 0. The number of carbonyl (C=O) groups is 1. The summed E-state index contributed by atoms with van der Waals surface area (Å²) >= 11 is 0. The lowest BCUT2D eigenvalue weighted by atomic mass is 10.1. The molecule has 78 valence electrons. The second-order valence-corrected chi connectivity index (χ2v) is 3.73. The molecule has 3 heteroatoms. The van der Waals surface area contributed by atoms with Crippen molar-refractivity contribution in [1.82, 2.24) is 0 Å². The second-order valence-electron chi connectivity index (χ2n) is 3.73. The van der Waals surface area contributed by atoms with Crippen molar-refractivity contribution in [1.29, 1.82) is 0 Å². The van der Waals surface area contributed by atoms with Crippen molar-refractivity contribution in [3.63, 3.8) is 0 Å². The van der Waals surface area contributed by atoms with Gasteiger partial charge in [0.25, 0.3) is 0 Å². The average molecular weight is 204 g/mol. The molecule has 1 aromatic carbocycles. The minimum atomic E-state index is 0.00676. The van der Waals surface area contributed by atoms with Crippen LogP contribution in [0.5, 0.6) is 11.5 Å². The van der Waals surface area contributed by atoms with Gasteiger partial charge in [-0.3, -0.25) is 4.79 Å². The van der Waals surface area contributed by atoms with Crippen LogP contribution in [-0.4, -0.2) is 16.0 Å². The van der Waals surface area contributed by atoms with E-state index in [0.717, 1.165) is 18.4 Å². The molecule has 0 unspecified atom stereocenters. The van der Waals surface area contributed by atoms with Crippen LogP contribution in [0.4, 0.5) is 0 Å². The van der Waals surface area contributed by atoms with E-state index in [0.29, 0.717) is 12.0 Å². The molecule has 0 amide bonds. The zero-order valence-corrected chi connectivity index (χ0v) is 8.23. The van der Waals surface area contributed by atoms with E-state index in [1.165, 1.54) is 18.2 Å². The molecular formula is C12H12O3. The van der Waals surface area contributed by atoms with Gasteiger partial charge in [-0.25, -0.2) is 0 Å². The fraction of sp³-hybridized carbons (Fsp3) is 0.250. The van der Waals surface area contributed by atoms with E-state index in [2.05, 4.69) is 0 Å². The Kier molecular flexibility index (Phi) is 2.46. The van der Waals surface area contributed by atoms with Crippen LogP contribution in [0.2, 0.25) is 0 Å². The van der Waals surface area contributed by atoms with Gasteiger partial charge < -0.3 is 10.2 Å². The SMILES string of the molecule is O=C1CCC/C1=C\c1cc(O)cc(O)c1. The summed E-state index contributed by atoms with van der Waals surface area (Å²) in [5.74, 6) is 0.178. The molecule has 3 nitrogen and oxygen atoms in total. The summed E-state index contributed by atoms with van der Waals surface area (Å²) in [6, 6.07) is 4.31. The van der Waals surface area contributed by atoms with Crippen LogP contribution in [-0.2, 0) is 4.79 Å². The number of ketones is 1. The topological polar surface area (TPSA) is 57.5 Å². The molecule has 0 bridgehead atoms. The van der Waals surface area contributed by atoms with E-state index in [9.17, 15) is 15.0 Å². The first-order valence-corrected chi connectivity index (χ1v) is 4.92. The molecule has 1 fully saturated rings. The maximum absolute atomic E-state index is 11.4. The van der Waals surface area contributed by atoms with E-state index < -0.39 is 0 Å². The third-order valence-electron chi connectivity index (χ3n) is 2.47. The number of hydrogen-bond acceptors (Lipinski definition) is 3. The molecule has 0 saturated heterocycles. The van der Waals surface area contributed by atoms with Gasteiger partial charge in [0.15, 0.2) is 5.78 Å². The van der Waals surface area contributed by atoms with Crippen molar-refractivity contribution in [2.45, 2.75) is 19.3 Å². The molecule has 0 aliphatic heterocycles. The van der Waals surface area contributed by atoms with Gasteiger partial charge in [-0.2, -0.15) is 0 Å². The highest BCUT2D eigenvalue weighted by atomic mass is 16.3. The Balaban J connectivity index is 2.34. The van der Waals surface area contributed by atoms with Crippen LogP contribution < -0.4 is 0 Å². The molecule has 0 spiro atoms. The van der Waals surface area contributed by atoms with Gasteiger partial charge in [0, 0.05) is 12.5 Å².